The van der Waals surface area contributed by atoms with Crippen LogP contribution >= 0.6 is 0 Å². The van der Waals surface area contributed by atoms with Crippen LogP contribution in [0.4, 0.5) is 0 Å². The van der Waals surface area contributed by atoms with Crippen molar-refractivity contribution in [1.82, 2.24) is 0 Å². The molecule has 0 aliphatic heterocycles. The van der Waals surface area contributed by atoms with Gasteiger partial charge in [-0.2, -0.15) is 0 Å². The number of hydrogen-bond acceptors (Lipinski definition) is 15. The van der Waals surface area contributed by atoms with E-state index in [9.17, 15) is 44.1 Å². The van der Waals surface area contributed by atoms with Crippen molar-refractivity contribution in [2.45, 2.75) is 147 Å². The van der Waals surface area contributed by atoms with Crippen LogP contribution in [-0.4, -0.2) is 109 Å². The molecule has 0 rings (SSSR count). The SMILES string of the molecule is CCCCCCC[CH2][Sn]([O]C(=O)CC(O)C(=O)OCCCC)([O]C(=O)CC(O)C(=O)OCCCC)[O]C(=O)CC(O)C(=O)OCCCC. The van der Waals surface area contributed by atoms with Gasteiger partial charge in [0.1, 0.15) is 0 Å². The molecule has 0 aromatic heterocycles. The fourth-order valence-corrected chi connectivity index (χ4v) is 10.8. The fourth-order valence-electron chi connectivity index (χ4n) is 3.95. The molecule has 0 heterocycles. The number of carbonyl (C=O) groups excluding carboxylic acids is 6. The molecule has 3 unspecified atom stereocenters. The molecule has 16 heteroatoms. The van der Waals surface area contributed by atoms with Gasteiger partial charge in [-0.25, -0.2) is 0 Å². The van der Waals surface area contributed by atoms with E-state index >= 15 is 0 Å². The van der Waals surface area contributed by atoms with Crippen molar-refractivity contribution in [2.24, 2.45) is 0 Å². The van der Waals surface area contributed by atoms with Gasteiger partial charge >= 0.3 is 290 Å². The molecule has 3 atom stereocenters. The minimum atomic E-state index is -5.80. The summed E-state index contributed by atoms with van der Waals surface area (Å²) in [6.45, 7) is 7.69. The molecular weight excluding hydrogens is 743 g/mol. The third-order valence-electron chi connectivity index (χ3n) is 6.77. The van der Waals surface area contributed by atoms with Gasteiger partial charge in [0.15, 0.2) is 0 Å². The summed E-state index contributed by atoms with van der Waals surface area (Å²) in [5.74, 6) is -6.97. The van der Waals surface area contributed by atoms with Crippen molar-refractivity contribution in [3.63, 3.8) is 0 Å². The Morgan fingerprint density at radius 1 is 0.458 bits per heavy atom. The predicted molar refractivity (Wildman–Crippen MR) is 172 cm³/mol. The number of ether oxygens (including phenoxy) is 3. The van der Waals surface area contributed by atoms with Crippen LogP contribution in [0.5, 0.6) is 0 Å². The first-order valence-corrected chi connectivity index (χ1v) is 22.5. The maximum atomic E-state index is 13.0. The molecule has 48 heavy (non-hydrogen) atoms. The van der Waals surface area contributed by atoms with Crippen LogP contribution in [0.3, 0.4) is 0 Å². The van der Waals surface area contributed by atoms with E-state index in [2.05, 4.69) is 0 Å². The van der Waals surface area contributed by atoms with Crippen LogP contribution in [0, 0.1) is 0 Å². The summed E-state index contributed by atoms with van der Waals surface area (Å²) in [4.78, 5) is 75.5. The van der Waals surface area contributed by atoms with E-state index in [1.807, 2.05) is 27.7 Å². The average Bonchev–Trinajstić information content (AvgIpc) is 3.02. The Labute approximate surface area is 288 Å². The Balaban J connectivity index is 6.12. The summed E-state index contributed by atoms with van der Waals surface area (Å²) in [6.07, 6.45) is -0.394. The molecular formula is C32H56O15Sn. The summed E-state index contributed by atoms with van der Waals surface area (Å²) in [5, 5.41) is 30.7. The summed E-state index contributed by atoms with van der Waals surface area (Å²) < 4.78 is 31.1. The number of rotatable bonds is 28. The van der Waals surface area contributed by atoms with Crippen LogP contribution in [0.1, 0.15) is 124 Å². The van der Waals surface area contributed by atoms with Gasteiger partial charge in [-0.05, 0) is 0 Å². The minimum absolute atomic E-state index is 0.0181. The number of aliphatic hydroxyl groups is 3. The first kappa shape index (κ1) is 45.5. The van der Waals surface area contributed by atoms with E-state index in [1.54, 1.807) is 0 Å². The van der Waals surface area contributed by atoms with Crippen molar-refractivity contribution >= 4 is 55.4 Å². The van der Waals surface area contributed by atoms with E-state index in [1.165, 1.54) is 0 Å². The van der Waals surface area contributed by atoms with Gasteiger partial charge in [-0.15, -0.1) is 0 Å². The average molecular weight is 799 g/mol. The van der Waals surface area contributed by atoms with E-state index in [0.29, 0.717) is 44.9 Å². The zero-order chi connectivity index (χ0) is 36.4. The van der Waals surface area contributed by atoms with Gasteiger partial charge < -0.3 is 0 Å². The molecule has 0 spiro atoms. The second kappa shape index (κ2) is 27.3. The van der Waals surface area contributed by atoms with Crippen molar-refractivity contribution < 1.29 is 67.5 Å². The molecule has 0 aliphatic rings. The molecule has 0 amide bonds. The number of carbonyl (C=O) groups is 6. The number of unbranched alkanes of at least 4 members (excludes halogenated alkanes) is 8. The standard InChI is InChI=1S/3C8H14O5.C8H17.Sn/c3*1-2-3-4-13-8(12)6(9)5-7(10)11;1-3-5-7-8-6-4-2;/h3*6,9H,2-5H2,1H3,(H,10,11);1,3-8H2,2H3;/q;;;;+3/p-3. The third-order valence-corrected chi connectivity index (χ3v) is 14.1. The molecule has 15 nitrogen and oxygen atoms in total. The van der Waals surface area contributed by atoms with Crippen LogP contribution in [0.25, 0.3) is 0 Å². The van der Waals surface area contributed by atoms with Crippen LogP contribution in [-0.2, 0) is 52.2 Å². The summed E-state index contributed by atoms with van der Waals surface area (Å²) >= 11 is -5.80. The number of aliphatic hydroxyl groups excluding tert-OH is 3. The zero-order valence-electron chi connectivity index (χ0n) is 28.9. The van der Waals surface area contributed by atoms with Crippen molar-refractivity contribution in [1.29, 1.82) is 0 Å². The summed E-state index contributed by atoms with van der Waals surface area (Å²) in [6, 6.07) is 0. The summed E-state index contributed by atoms with van der Waals surface area (Å²) in [7, 11) is 0. The molecule has 0 aliphatic carbocycles. The first-order valence-electron chi connectivity index (χ1n) is 17.0. The zero-order valence-corrected chi connectivity index (χ0v) is 31.8. The number of esters is 3. The molecule has 3 N–H and O–H groups in total. The van der Waals surface area contributed by atoms with Crippen LogP contribution in [0.2, 0.25) is 4.44 Å². The van der Waals surface area contributed by atoms with Crippen molar-refractivity contribution in [2.75, 3.05) is 19.8 Å². The van der Waals surface area contributed by atoms with Crippen LogP contribution < -0.4 is 0 Å². The predicted octanol–water partition coefficient (Wildman–Crippen LogP) is 3.20. The molecule has 0 radical (unpaired) electrons. The topological polar surface area (TPSA) is 218 Å². The van der Waals surface area contributed by atoms with Crippen molar-refractivity contribution in [3.8, 4) is 0 Å². The van der Waals surface area contributed by atoms with Gasteiger partial charge in [-0.3, -0.25) is 0 Å². The van der Waals surface area contributed by atoms with Gasteiger partial charge in [0, 0.05) is 0 Å². The van der Waals surface area contributed by atoms with Gasteiger partial charge in [0.2, 0.25) is 0 Å². The third kappa shape index (κ3) is 21.5. The molecule has 0 fully saturated rings. The van der Waals surface area contributed by atoms with E-state index < -0.39 is 93.0 Å². The second-order valence-electron chi connectivity index (χ2n) is 11.3. The van der Waals surface area contributed by atoms with E-state index in [0.717, 1.165) is 25.7 Å². The molecule has 278 valence electrons. The van der Waals surface area contributed by atoms with E-state index in [-0.39, 0.29) is 30.7 Å². The normalized spacial score (nSPS) is 14.1. The molecule has 0 aromatic rings. The Kier molecular flexibility index (Phi) is 25.9. The quantitative estimate of drug-likeness (QED) is 0.0448. The maximum absolute atomic E-state index is 13.0. The summed E-state index contributed by atoms with van der Waals surface area (Å²) in [5.41, 5.74) is 0. The van der Waals surface area contributed by atoms with Crippen molar-refractivity contribution in [3.05, 3.63) is 0 Å². The Morgan fingerprint density at radius 3 is 1.06 bits per heavy atom. The Morgan fingerprint density at radius 2 is 0.750 bits per heavy atom. The van der Waals surface area contributed by atoms with E-state index in [4.69, 9.17) is 23.4 Å². The van der Waals surface area contributed by atoms with Gasteiger partial charge in [-0.1, -0.05) is 0 Å². The molecule has 0 saturated carbocycles. The number of hydrogen-bond donors (Lipinski definition) is 3. The second-order valence-corrected chi connectivity index (χ2v) is 18.4. The Hall–Kier alpha value is -2.50. The first-order chi connectivity index (χ1) is 22.8. The van der Waals surface area contributed by atoms with Gasteiger partial charge in [0.25, 0.3) is 0 Å². The fraction of sp³-hybridized carbons (Fsp3) is 0.812. The molecule has 0 bridgehead atoms. The molecule has 0 saturated heterocycles. The van der Waals surface area contributed by atoms with Gasteiger partial charge in [0.05, 0.1) is 0 Å². The monoisotopic (exact) mass is 800 g/mol. The Bertz CT molecular complexity index is 866. The molecule has 0 aromatic carbocycles. The van der Waals surface area contributed by atoms with Crippen LogP contribution in [0.15, 0.2) is 0 Å².